The first-order valence-corrected chi connectivity index (χ1v) is 8.48. The highest BCUT2D eigenvalue weighted by Gasteiger charge is 2.17. The number of carbonyl (C=O) groups excluding carboxylic acids is 2. The summed E-state index contributed by atoms with van der Waals surface area (Å²) in [4.78, 5) is 32.9. The summed E-state index contributed by atoms with van der Waals surface area (Å²) in [5.74, 6) is -0.876. The third kappa shape index (κ3) is 4.01. The van der Waals surface area contributed by atoms with Crippen LogP contribution in [0.25, 0.3) is 10.6 Å². The van der Waals surface area contributed by atoms with Crippen molar-refractivity contribution in [2.45, 2.75) is 6.92 Å². The lowest BCUT2D eigenvalue weighted by Crippen LogP contribution is -2.41. The largest absolute Gasteiger partial charge is 0.281 e. The molecule has 1 aromatic carbocycles. The van der Waals surface area contributed by atoms with Crippen molar-refractivity contribution in [1.82, 2.24) is 20.8 Å². The predicted octanol–water partition coefficient (Wildman–Crippen LogP) is 3.24. The molecule has 2 N–H and O–H groups in total. The second-order valence-electron chi connectivity index (χ2n) is 5.09. The standard InChI is InChI=1S/C17H13ClN4O2S/c1-10-14(25-17(20-10)11-4-2-6-13(18)8-11)16(24)22-21-15(23)12-5-3-7-19-9-12/h2-9H,1H3,(H,21,23)(H,22,24). The average Bonchev–Trinajstić information content (AvgIpc) is 3.02. The second kappa shape index (κ2) is 7.42. The molecule has 0 aliphatic heterocycles. The van der Waals surface area contributed by atoms with Gasteiger partial charge in [0.25, 0.3) is 11.8 Å². The minimum atomic E-state index is -0.446. The maximum atomic E-state index is 12.3. The lowest BCUT2D eigenvalue weighted by Gasteiger charge is -2.06. The molecule has 3 rings (SSSR count). The Hall–Kier alpha value is -2.77. The van der Waals surface area contributed by atoms with Gasteiger partial charge in [-0.15, -0.1) is 11.3 Å². The summed E-state index contributed by atoms with van der Waals surface area (Å²) in [5, 5.41) is 1.28. The van der Waals surface area contributed by atoms with Gasteiger partial charge >= 0.3 is 0 Å². The highest BCUT2D eigenvalue weighted by Crippen LogP contribution is 2.29. The minimum absolute atomic E-state index is 0.350. The topological polar surface area (TPSA) is 84.0 Å². The number of hydrazine groups is 1. The van der Waals surface area contributed by atoms with Gasteiger partial charge in [-0.05, 0) is 31.2 Å². The number of aryl methyl sites for hydroxylation is 1. The maximum absolute atomic E-state index is 12.3. The maximum Gasteiger partial charge on any atom is 0.281 e. The van der Waals surface area contributed by atoms with Gasteiger partial charge in [-0.2, -0.15) is 0 Å². The van der Waals surface area contributed by atoms with Gasteiger partial charge in [-0.25, -0.2) is 4.98 Å². The zero-order valence-electron chi connectivity index (χ0n) is 13.1. The van der Waals surface area contributed by atoms with Crippen molar-refractivity contribution in [3.05, 3.63) is 69.9 Å². The van der Waals surface area contributed by atoms with E-state index in [2.05, 4.69) is 20.8 Å². The Kier molecular flexibility index (Phi) is 5.06. The molecule has 8 heteroatoms. The van der Waals surface area contributed by atoms with Crippen LogP contribution in [-0.4, -0.2) is 21.8 Å². The van der Waals surface area contributed by atoms with Gasteiger partial charge in [-0.3, -0.25) is 25.4 Å². The van der Waals surface area contributed by atoms with E-state index in [4.69, 9.17) is 11.6 Å². The minimum Gasteiger partial charge on any atom is -0.267 e. The fourth-order valence-corrected chi connectivity index (χ4v) is 3.24. The number of halogens is 1. The van der Waals surface area contributed by atoms with Crippen LogP contribution in [0.5, 0.6) is 0 Å². The van der Waals surface area contributed by atoms with E-state index in [-0.39, 0.29) is 0 Å². The number of carbonyl (C=O) groups is 2. The highest BCUT2D eigenvalue weighted by molar-refractivity contribution is 7.17. The van der Waals surface area contributed by atoms with Crippen molar-refractivity contribution in [2.75, 3.05) is 0 Å². The zero-order chi connectivity index (χ0) is 17.8. The summed E-state index contributed by atoms with van der Waals surface area (Å²) in [6.45, 7) is 1.74. The lowest BCUT2D eigenvalue weighted by molar-refractivity contribution is 0.0848. The molecule has 3 aromatic rings. The van der Waals surface area contributed by atoms with Crippen LogP contribution in [0.3, 0.4) is 0 Å². The summed E-state index contributed by atoms with van der Waals surface area (Å²) in [7, 11) is 0. The number of nitrogens with one attached hydrogen (secondary N) is 2. The van der Waals surface area contributed by atoms with E-state index >= 15 is 0 Å². The molecule has 0 aliphatic rings. The molecule has 0 saturated carbocycles. The number of amides is 2. The van der Waals surface area contributed by atoms with Gasteiger partial charge in [-0.1, -0.05) is 23.7 Å². The van der Waals surface area contributed by atoms with Crippen LogP contribution in [-0.2, 0) is 0 Å². The van der Waals surface area contributed by atoms with Crippen LogP contribution in [0.15, 0.2) is 48.8 Å². The summed E-state index contributed by atoms with van der Waals surface area (Å²) < 4.78 is 0. The predicted molar refractivity (Wildman–Crippen MR) is 96.5 cm³/mol. The van der Waals surface area contributed by atoms with Crippen molar-refractivity contribution < 1.29 is 9.59 Å². The molecule has 0 bridgehead atoms. The second-order valence-corrected chi connectivity index (χ2v) is 6.53. The number of hydrogen-bond donors (Lipinski definition) is 2. The van der Waals surface area contributed by atoms with Crippen LogP contribution in [0.4, 0.5) is 0 Å². The molecule has 0 radical (unpaired) electrons. The quantitative estimate of drug-likeness (QED) is 0.691. The zero-order valence-corrected chi connectivity index (χ0v) is 14.7. The first-order chi connectivity index (χ1) is 12.0. The molecule has 0 atom stereocenters. The molecule has 0 aliphatic carbocycles. The van der Waals surface area contributed by atoms with Gasteiger partial charge in [0, 0.05) is 23.0 Å². The van der Waals surface area contributed by atoms with Crippen LogP contribution in [0, 0.1) is 6.92 Å². The number of pyridine rings is 1. The Bertz CT molecular complexity index is 927. The van der Waals surface area contributed by atoms with E-state index in [0.29, 0.717) is 26.2 Å². The number of rotatable bonds is 3. The Morgan fingerprint density at radius 3 is 2.64 bits per heavy atom. The molecule has 0 spiro atoms. The first-order valence-electron chi connectivity index (χ1n) is 7.28. The highest BCUT2D eigenvalue weighted by atomic mass is 35.5. The van der Waals surface area contributed by atoms with Crippen molar-refractivity contribution in [1.29, 1.82) is 0 Å². The Labute approximate surface area is 152 Å². The number of thiazole rings is 1. The van der Waals surface area contributed by atoms with Crippen molar-refractivity contribution in [3.63, 3.8) is 0 Å². The number of nitrogens with zero attached hydrogens (tertiary/aromatic N) is 2. The number of aromatic nitrogens is 2. The molecule has 2 amide bonds. The molecule has 2 aromatic heterocycles. The third-order valence-electron chi connectivity index (χ3n) is 3.29. The van der Waals surface area contributed by atoms with Crippen molar-refractivity contribution >= 4 is 34.8 Å². The smallest absolute Gasteiger partial charge is 0.267 e. The lowest BCUT2D eigenvalue weighted by atomic mass is 10.2. The van der Waals surface area contributed by atoms with Gasteiger partial charge < -0.3 is 0 Å². The van der Waals surface area contributed by atoms with Crippen molar-refractivity contribution in [2.24, 2.45) is 0 Å². The average molecular weight is 373 g/mol. The van der Waals surface area contributed by atoms with Crippen LogP contribution in [0.2, 0.25) is 5.02 Å². The van der Waals surface area contributed by atoms with Gasteiger partial charge in [0.15, 0.2) is 0 Å². The summed E-state index contributed by atoms with van der Waals surface area (Å²) in [6.07, 6.45) is 2.98. The third-order valence-corrected chi connectivity index (χ3v) is 4.73. The van der Waals surface area contributed by atoms with Crippen LogP contribution >= 0.6 is 22.9 Å². The van der Waals surface area contributed by atoms with E-state index in [9.17, 15) is 9.59 Å². The fraction of sp³-hybridized carbons (Fsp3) is 0.0588. The molecule has 126 valence electrons. The molecule has 0 unspecified atom stereocenters. The summed E-state index contributed by atoms with van der Waals surface area (Å²) in [6, 6.07) is 10.5. The normalized spacial score (nSPS) is 10.3. The summed E-state index contributed by atoms with van der Waals surface area (Å²) in [5.41, 5.74) is 6.51. The van der Waals surface area contributed by atoms with Gasteiger partial charge in [0.1, 0.15) is 9.88 Å². The monoisotopic (exact) mass is 372 g/mol. The molecular formula is C17H13ClN4O2S. The van der Waals surface area contributed by atoms with E-state index in [0.717, 1.165) is 5.56 Å². The molecular weight excluding hydrogens is 360 g/mol. The van der Waals surface area contributed by atoms with E-state index < -0.39 is 11.8 Å². The Morgan fingerprint density at radius 1 is 1.12 bits per heavy atom. The molecule has 2 heterocycles. The van der Waals surface area contributed by atoms with Crippen LogP contribution < -0.4 is 10.9 Å². The van der Waals surface area contributed by atoms with Gasteiger partial charge in [0.05, 0.1) is 11.3 Å². The SMILES string of the molecule is Cc1nc(-c2cccc(Cl)c2)sc1C(=O)NNC(=O)c1cccnc1. The van der Waals surface area contributed by atoms with Crippen molar-refractivity contribution in [3.8, 4) is 10.6 Å². The van der Waals surface area contributed by atoms with E-state index in [1.807, 2.05) is 12.1 Å². The number of hydrogen-bond acceptors (Lipinski definition) is 5. The molecule has 25 heavy (non-hydrogen) atoms. The van der Waals surface area contributed by atoms with Crippen LogP contribution in [0.1, 0.15) is 25.7 Å². The molecule has 0 saturated heterocycles. The first kappa shape index (κ1) is 17.1. The van der Waals surface area contributed by atoms with Gasteiger partial charge in [0.2, 0.25) is 0 Å². The summed E-state index contributed by atoms with van der Waals surface area (Å²) >= 11 is 7.22. The number of benzene rings is 1. The Balaban J connectivity index is 1.71. The fourth-order valence-electron chi connectivity index (χ4n) is 2.09. The van der Waals surface area contributed by atoms with E-state index in [1.165, 1.54) is 17.5 Å². The molecule has 0 fully saturated rings. The Morgan fingerprint density at radius 2 is 1.92 bits per heavy atom. The van der Waals surface area contributed by atoms with E-state index in [1.54, 1.807) is 37.4 Å². The molecule has 6 nitrogen and oxygen atoms in total.